The molecule has 0 aliphatic carbocycles. The molecule has 6 nitrogen and oxygen atoms in total. The van der Waals surface area contributed by atoms with E-state index in [1.54, 1.807) is 12.5 Å². The Kier molecular flexibility index (Phi) is 4.51. The Hall–Kier alpha value is -1.89. The van der Waals surface area contributed by atoms with Gasteiger partial charge in [0.2, 0.25) is 0 Å². The summed E-state index contributed by atoms with van der Waals surface area (Å²) in [6.45, 7) is 6.41. The van der Waals surface area contributed by atoms with E-state index >= 15 is 0 Å². The molecule has 2 fully saturated rings. The first-order valence-electron chi connectivity index (χ1n) is 8.43. The molecule has 0 N–H and O–H groups in total. The van der Waals surface area contributed by atoms with E-state index in [0.717, 1.165) is 45.0 Å². The molecule has 0 aromatic carbocycles. The lowest BCUT2D eigenvalue weighted by Crippen LogP contribution is -2.58. The number of furan rings is 1. The number of anilines is 1. The lowest BCUT2D eigenvalue weighted by atomic mass is 10.0. The summed E-state index contributed by atoms with van der Waals surface area (Å²) >= 11 is 0. The van der Waals surface area contributed by atoms with Crippen molar-refractivity contribution < 1.29 is 13.9 Å². The highest BCUT2D eigenvalue weighted by Gasteiger charge is 2.40. The summed E-state index contributed by atoms with van der Waals surface area (Å²) in [7, 11) is 0. The maximum Gasteiger partial charge on any atom is 0.121 e. The highest BCUT2D eigenvalue weighted by molar-refractivity contribution is 5.44. The predicted octanol–water partition coefficient (Wildman–Crippen LogP) is 1.78. The molecule has 2 aliphatic heterocycles. The van der Waals surface area contributed by atoms with Gasteiger partial charge >= 0.3 is 0 Å². The highest BCUT2D eigenvalue weighted by atomic mass is 16.5. The minimum absolute atomic E-state index is 0.297. The lowest BCUT2D eigenvalue weighted by molar-refractivity contribution is -0.134. The van der Waals surface area contributed by atoms with Crippen molar-refractivity contribution in [2.45, 2.75) is 12.1 Å². The molecule has 4 heterocycles. The van der Waals surface area contributed by atoms with Gasteiger partial charge < -0.3 is 18.8 Å². The van der Waals surface area contributed by atoms with Crippen LogP contribution in [0.1, 0.15) is 5.56 Å². The Balaban J connectivity index is 1.49. The quantitative estimate of drug-likeness (QED) is 0.856. The van der Waals surface area contributed by atoms with E-state index in [0.29, 0.717) is 13.2 Å². The number of nitrogens with zero attached hydrogens (tertiary/aromatic N) is 3. The van der Waals surface area contributed by atoms with E-state index in [2.05, 4.69) is 20.9 Å². The SMILES string of the molecule is c1cncc(N2CCOC[C@@]3(CN(Cc4ccoc4)CCO3)C2)c1. The van der Waals surface area contributed by atoms with Crippen LogP contribution in [0.5, 0.6) is 0 Å². The van der Waals surface area contributed by atoms with E-state index in [1.165, 1.54) is 5.56 Å². The maximum atomic E-state index is 6.24. The second kappa shape index (κ2) is 6.93. The summed E-state index contributed by atoms with van der Waals surface area (Å²) in [5.74, 6) is 0. The van der Waals surface area contributed by atoms with Gasteiger partial charge in [0.25, 0.3) is 0 Å². The molecule has 0 radical (unpaired) electrons. The predicted molar refractivity (Wildman–Crippen MR) is 89.9 cm³/mol. The molecule has 1 atom stereocenters. The van der Waals surface area contributed by atoms with Crippen LogP contribution < -0.4 is 4.90 Å². The number of rotatable bonds is 3. The topological polar surface area (TPSA) is 51.0 Å². The Morgan fingerprint density at radius 1 is 1.17 bits per heavy atom. The van der Waals surface area contributed by atoms with Crippen LogP contribution in [0.3, 0.4) is 0 Å². The molecular formula is C18H23N3O3. The van der Waals surface area contributed by atoms with Crippen LogP contribution in [-0.2, 0) is 16.0 Å². The zero-order chi connectivity index (χ0) is 16.2. The molecule has 0 unspecified atom stereocenters. The third kappa shape index (κ3) is 3.45. The van der Waals surface area contributed by atoms with Crippen LogP contribution >= 0.6 is 0 Å². The molecule has 2 aromatic rings. The van der Waals surface area contributed by atoms with Gasteiger partial charge in [-0.15, -0.1) is 0 Å². The fourth-order valence-corrected chi connectivity index (χ4v) is 3.55. The minimum Gasteiger partial charge on any atom is -0.472 e. The molecule has 2 aromatic heterocycles. The van der Waals surface area contributed by atoms with Crippen molar-refractivity contribution in [2.75, 3.05) is 50.9 Å². The van der Waals surface area contributed by atoms with Crippen molar-refractivity contribution >= 4 is 5.69 Å². The molecular weight excluding hydrogens is 306 g/mol. The maximum absolute atomic E-state index is 6.24. The van der Waals surface area contributed by atoms with Crippen LogP contribution in [-0.4, -0.2) is 61.5 Å². The van der Waals surface area contributed by atoms with E-state index in [9.17, 15) is 0 Å². The third-order valence-corrected chi connectivity index (χ3v) is 4.67. The number of morpholine rings is 1. The summed E-state index contributed by atoms with van der Waals surface area (Å²) in [6.07, 6.45) is 7.25. The van der Waals surface area contributed by atoms with E-state index < -0.39 is 0 Å². The van der Waals surface area contributed by atoms with Gasteiger partial charge in [-0.2, -0.15) is 0 Å². The second-order valence-electron chi connectivity index (χ2n) is 6.56. The Morgan fingerprint density at radius 3 is 3.00 bits per heavy atom. The number of hydrogen-bond acceptors (Lipinski definition) is 6. The largest absolute Gasteiger partial charge is 0.472 e. The van der Waals surface area contributed by atoms with Crippen molar-refractivity contribution in [1.82, 2.24) is 9.88 Å². The van der Waals surface area contributed by atoms with Gasteiger partial charge in [-0.25, -0.2) is 0 Å². The van der Waals surface area contributed by atoms with Gasteiger partial charge in [-0.1, -0.05) is 0 Å². The third-order valence-electron chi connectivity index (χ3n) is 4.67. The number of pyridine rings is 1. The zero-order valence-electron chi connectivity index (χ0n) is 13.8. The van der Waals surface area contributed by atoms with E-state index in [4.69, 9.17) is 13.9 Å². The van der Waals surface area contributed by atoms with Crippen molar-refractivity contribution in [3.05, 3.63) is 48.7 Å². The molecule has 0 saturated carbocycles. The number of hydrogen-bond donors (Lipinski definition) is 0. The molecule has 1 spiro atoms. The summed E-state index contributed by atoms with van der Waals surface area (Å²) in [5, 5.41) is 0. The summed E-state index contributed by atoms with van der Waals surface area (Å²) in [4.78, 5) is 8.99. The summed E-state index contributed by atoms with van der Waals surface area (Å²) in [6, 6.07) is 6.09. The highest BCUT2D eigenvalue weighted by Crippen LogP contribution is 2.26. The summed E-state index contributed by atoms with van der Waals surface area (Å²) < 4.78 is 17.3. The Bertz CT molecular complexity index is 634. The van der Waals surface area contributed by atoms with Gasteiger partial charge in [0.15, 0.2) is 0 Å². The average molecular weight is 329 g/mol. The molecule has 4 rings (SSSR count). The molecule has 2 aliphatic rings. The first kappa shape index (κ1) is 15.6. The Labute approximate surface area is 142 Å². The second-order valence-corrected chi connectivity index (χ2v) is 6.56. The van der Waals surface area contributed by atoms with Gasteiger partial charge in [0.05, 0.1) is 50.8 Å². The molecule has 128 valence electrons. The van der Waals surface area contributed by atoms with Gasteiger partial charge in [-0.05, 0) is 18.2 Å². The molecule has 6 heteroatoms. The minimum atomic E-state index is -0.297. The van der Waals surface area contributed by atoms with Gasteiger partial charge in [-0.3, -0.25) is 9.88 Å². The summed E-state index contributed by atoms with van der Waals surface area (Å²) in [5.41, 5.74) is 2.03. The van der Waals surface area contributed by atoms with E-state index in [1.807, 2.05) is 24.6 Å². The Morgan fingerprint density at radius 2 is 2.17 bits per heavy atom. The monoisotopic (exact) mass is 329 g/mol. The van der Waals surface area contributed by atoms with Crippen molar-refractivity contribution in [3.8, 4) is 0 Å². The molecule has 0 amide bonds. The molecule has 2 saturated heterocycles. The first-order valence-corrected chi connectivity index (χ1v) is 8.43. The van der Waals surface area contributed by atoms with Crippen molar-refractivity contribution in [1.29, 1.82) is 0 Å². The van der Waals surface area contributed by atoms with Crippen LogP contribution in [0.25, 0.3) is 0 Å². The fourth-order valence-electron chi connectivity index (χ4n) is 3.55. The van der Waals surface area contributed by atoms with Crippen LogP contribution in [0.15, 0.2) is 47.5 Å². The van der Waals surface area contributed by atoms with Crippen LogP contribution in [0, 0.1) is 0 Å². The van der Waals surface area contributed by atoms with E-state index in [-0.39, 0.29) is 5.60 Å². The van der Waals surface area contributed by atoms with Gasteiger partial charge in [0, 0.05) is 37.9 Å². The normalized spacial score (nSPS) is 25.8. The zero-order valence-corrected chi connectivity index (χ0v) is 13.8. The molecule has 24 heavy (non-hydrogen) atoms. The van der Waals surface area contributed by atoms with Gasteiger partial charge in [0.1, 0.15) is 5.60 Å². The lowest BCUT2D eigenvalue weighted by Gasteiger charge is -2.43. The fraction of sp³-hybridized carbons (Fsp3) is 0.500. The van der Waals surface area contributed by atoms with Crippen LogP contribution in [0.2, 0.25) is 0 Å². The van der Waals surface area contributed by atoms with Crippen molar-refractivity contribution in [3.63, 3.8) is 0 Å². The van der Waals surface area contributed by atoms with Crippen molar-refractivity contribution in [2.24, 2.45) is 0 Å². The average Bonchev–Trinajstić information content (AvgIpc) is 3.03. The standard InChI is InChI=1S/C18H23N3O3/c1-2-17(10-19-4-1)21-6-8-23-15-18(14-21)13-20(5-9-24-18)11-16-3-7-22-12-16/h1-4,7,10,12H,5-6,8-9,11,13-15H2/t18-/m1/s1. The number of aromatic nitrogens is 1. The first-order chi connectivity index (χ1) is 11.8. The van der Waals surface area contributed by atoms with Crippen LogP contribution in [0.4, 0.5) is 5.69 Å². The smallest absolute Gasteiger partial charge is 0.121 e. The molecule has 0 bridgehead atoms. The number of ether oxygens (including phenoxy) is 2.